The van der Waals surface area contributed by atoms with Crippen LogP contribution in [0.15, 0.2) is 48.5 Å². The van der Waals surface area contributed by atoms with Crippen LogP contribution >= 0.6 is 0 Å². The molecular formula is C23H33NO2. The first kappa shape index (κ1) is 20.2. The average Bonchev–Trinajstić information content (AvgIpc) is 2.67. The van der Waals surface area contributed by atoms with Crippen LogP contribution in [0.2, 0.25) is 0 Å². The predicted molar refractivity (Wildman–Crippen MR) is 111 cm³/mol. The highest BCUT2D eigenvalue weighted by Gasteiger charge is 2.17. The molecule has 1 N–H and O–H groups in total. The summed E-state index contributed by atoms with van der Waals surface area (Å²) < 4.78 is 11.7. The van der Waals surface area contributed by atoms with Crippen molar-refractivity contribution in [2.24, 2.45) is 0 Å². The number of nitrogens with one attached hydrogen (secondary N) is 1. The van der Waals surface area contributed by atoms with E-state index >= 15 is 0 Å². The van der Waals surface area contributed by atoms with Crippen molar-refractivity contribution in [2.45, 2.75) is 52.4 Å². The van der Waals surface area contributed by atoms with Crippen molar-refractivity contribution in [2.75, 3.05) is 25.1 Å². The van der Waals surface area contributed by atoms with Gasteiger partial charge in [-0.2, -0.15) is 0 Å². The lowest BCUT2D eigenvalue weighted by molar-refractivity contribution is 0.309. The fraction of sp³-hybridized carbons (Fsp3) is 0.478. The van der Waals surface area contributed by atoms with E-state index in [0.717, 1.165) is 49.6 Å². The third kappa shape index (κ3) is 5.98. The van der Waals surface area contributed by atoms with Crippen molar-refractivity contribution >= 4 is 5.69 Å². The van der Waals surface area contributed by atoms with E-state index in [4.69, 9.17) is 9.47 Å². The van der Waals surface area contributed by atoms with Gasteiger partial charge in [-0.15, -0.1) is 0 Å². The fourth-order valence-electron chi connectivity index (χ4n) is 2.63. The number of unbranched alkanes of at least 4 members (excludes halogenated alkanes) is 1. The maximum Gasteiger partial charge on any atom is 0.142 e. The first-order valence-corrected chi connectivity index (χ1v) is 9.76. The van der Waals surface area contributed by atoms with E-state index in [1.165, 1.54) is 5.56 Å². The minimum Gasteiger partial charge on any atom is -0.492 e. The molecule has 0 spiro atoms. The van der Waals surface area contributed by atoms with Crippen LogP contribution in [0.4, 0.5) is 5.69 Å². The molecule has 0 aromatic heterocycles. The lowest BCUT2D eigenvalue weighted by Crippen LogP contribution is -2.15. The smallest absolute Gasteiger partial charge is 0.142 e. The van der Waals surface area contributed by atoms with Crippen LogP contribution in [0.1, 0.15) is 52.5 Å². The number of ether oxygens (including phenoxy) is 2. The molecule has 2 rings (SSSR count). The molecule has 0 heterocycles. The van der Waals surface area contributed by atoms with E-state index in [2.05, 4.69) is 57.3 Å². The number of hydrogen-bond acceptors (Lipinski definition) is 3. The standard InChI is InChI=1S/C23H33NO2/c1-5-7-17-26-22-11-9-8-10-21(22)24-16-18-25-20-14-12-19(13-15-20)23(3,4)6-2/h8-15,24H,5-7,16-18H2,1-4H3. The van der Waals surface area contributed by atoms with Gasteiger partial charge in [0.15, 0.2) is 0 Å². The SMILES string of the molecule is CCCCOc1ccccc1NCCOc1ccc(C(C)(C)CC)cc1. The Kier molecular flexibility index (Phi) is 7.83. The quantitative estimate of drug-likeness (QED) is 0.498. The molecule has 0 aliphatic heterocycles. The highest BCUT2D eigenvalue weighted by Crippen LogP contribution is 2.28. The Labute approximate surface area is 158 Å². The Morgan fingerprint density at radius 3 is 2.31 bits per heavy atom. The zero-order chi connectivity index (χ0) is 18.8. The molecule has 0 aliphatic rings. The van der Waals surface area contributed by atoms with Crippen LogP contribution in [0.25, 0.3) is 0 Å². The average molecular weight is 356 g/mol. The van der Waals surface area contributed by atoms with Crippen molar-refractivity contribution in [3.63, 3.8) is 0 Å². The zero-order valence-electron chi connectivity index (χ0n) is 16.7. The van der Waals surface area contributed by atoms with E-state index in [9.17, 15) is 0 Å². The Balaban J connectivity index is 1.80. The largest absolute Gasteiger partial charge is 0.492 e. The summed E-state index contributed by atoms with van der Waals surface area (Å²) >= 11 is 0. The van der Waals surface area contributed by atoms with Gasteiger partial charge in [-0.25, -0.2) is 0 Å². The maximum absolute atomic E-state index is 5.86. The molecule has 0 saturated carbocycles. The summed E-state index contributed by atoms with van der Waals surface area (Å²) in [5.74, 6) is 1.82. The molecule has 0 radical (unpaired) electrons. The maximum atomic E-state index is 5.86. The topological polar surface area (TPSA) is 30.5 Å². The highest BCUT2D eigenvalue weighted by molar-refractivity contribution is 5.56. The van der Waals surface area contributed by atoms with E-state index in [-0.39, 0.29) is 5.41 Å². The van der Waals surface area contributed by atoms with Gasteiger partial charge in [-0.05, 0) is 48.1 Å². The predicted octanol–water partition coefficient (Wildman–Crippen LogP) is 6.04. The number of rotatable bonds is 11. The molecule has 3 heteroatoms. The minimum absolute atomic E-state index is 0.210. The van der Waals surface area contributed by atoms with E-state index in [1.54, 1.807) is 0 Å². The second kappa shape index (κ2) is 10.1. The van der Waals surface area contributed by atoms with Gasteiger partial charge in [0.25, 0.3) is 0 Å². The number of para-hydroxylation sites is 2. The molecule has 0 fully saturated rings. The van der Waals surface area contributed by atoms with E-state index < -0.39 is 0 Å². The summed E-state index contributed by atoms with van der Waals surface area (Å²) in [5, 5.41) is 3.41. The fourth-order valence-corrected chi connectivity index (χ4v) is 2.63. The van der Waals surface area contributed by atoms with Gasteiger partial charge in [0, 0.05) is 6.54 Å². The van der Waals surface area contributed by atoms with Gasteiger partial charge in [-0.3, -0.25) is 0 Å². The van der Waals surface area contributed by atoms with Crippen LogP contribution in [0.5, 0.6) is 11.5 Å². The molecule has 0 aliphatic carbocycles. The summed E-state index contributed by atoms with van der Waals surface area (Å²) in [6, 6.07) is 16.5. The molecular weight excluding hydrogens is 322 g/mol. The summed E-state index contributed by atoms with van der Waals surface area (Å²) in [6.45, 7) is 11.0. The van der Waals surface area contributed by atoms with Crippen molar-refractivity contribution in [3.8, 4) is 11.5 Å². The highest BCUT2D eigenvalue weighted by atomic mass is 16.5. The summed E-state index contributed by atoms with van der Waals surface area (Å²) in [5.41, 5.74) is 2.58. The summed E-state index contributed by atoms with van der Waals surface area (Å²) in [6.07, 6.45) is 3.33. The Morgan fingerprint density at radius 2 is 1.62 bits per heavy atom. The molecule has 2 aromatic rings. The van der Waals surface area contributed by atoms with Gasteiger partial charge in [-0.1, -0.05) is 58.4 Å². The number of hydrogen-bond donors (Lipinski definition) is 1. The molecule has 2 aromatic carbocycles. The van der Waals surface area contributed by atoms with Crippen LogP contribution in [-0.4, -0.2) is 19.8 Å². The molecule has 3 nitrogen and oxygen atoms in total. The third-order valence-electron chi connectivity index (χ3n) is 4.85. The molecule has 0 unspecified atom stereocenters. The second-order valence-electron chi connectivity index (χ2n) is 7.24. The minimum atomic E-state index is 0.210. The van der Waals surface area contributed by atoms with Gasteiger partial charge in [0.1, 0.15) is 18.1 Å². The number of benzene rings is 2. The van der Waals surface area contributed by atoms with E-state index in [1.807, 2.05) is 24.3 Å². The first-order valence-electron chi connectivity index (χ1n) is 9.76. The Hall–Kier alpha value is -2.16. The van der Waals surface area contributed by atoms with Gasteiger partial charge in [0.05, 0.1) is 12.3 Å². The molecule has 0 atom stereocenters. The van der Waals surface area contributed by atoms with Crippen LogP contribution < -0.4 is 14.8 Å². The number of anilines is 1. The zero-order valence-corrected chi connectivity index (χ0v) is 16.7. The van der Waals surface area contributed by atoms with Gasteiger partial charge < -0.3 is 14.8 Å². The molecule has 0 saturated heterocycles. The van der Waals surface area contributed by atoms with Crippen LogP contribution in [-0.2, 0) is 5.41 Å². The lowest BCUT2D eigenvalue weighted by Gasteiger charge is -2.23. The summed E-state index contributed by atoms with van der Waals surface area (Å²) in [4.78, 5) is 0. The molecule has 142 valence electrons. The van der Waals surface area contributed by atoms with E-state index in [0.29, 0.717) is 6.61 Å². The van der Waals surface area contributed by atoms with Gasteiger partial charge in [0.2, 0.25) is 0 Å². The van der Waals surface area contributed by atoms with Crippen LogP contribution in [0.3, 0.4) is 0 Å². The van der Waals surface area contributed by atoms with Crippen LogP contribution in [0, 0.1) is 0 Å². The summed E-state index contributed by atoms with van der Waals surface area (Å²) in [7, 11) is 0. The first-order chi connectivity index (χ1) is 12.6. The monoisotopic (exact) mass is 355 g/mol. The molecule has 0 amide bonds. The molecule has 0 bridgehead atoms. The molecule has 26 heavy (non-hydrogen) atoms. The van der Waals surface area contributed by atoms with Crippen molar-refractivity contribution in [3.05, 3.63) is 54.1 Å². The third-order valence-corrected chi connectivity index (χ3v) is 4.85. The normalized spacial score (nSPS) is 11.2. The van der Waals surface area contributed by atoms with Crippen molar-refractivity contribution < 1.29 is 9.47 Å². The lowest BCUT2D eigenvalue weighted by atomic mass is 9.82. The second-order valence-corrected chi connectivity index (χ2v) is 7.24. The van der Waals surface area contributed by atoms with Crippen molar-refractivity contribution in [1.29, 1.82) is 0 Å². The van der Waals surface area contributed by atoms with Gasteiger partial charge >= 0.3 is 0 Å². The van der Waals surface area contributed by atoms with Crippen molar-refractivity contribution in [1.82, 2.24) is 0 Å². The Morgan fingerprint density at radius 1 is 0.885 bits per heavy atom. The Bertz CT molecular complexity index is 650.